The SMILES string of the molecule is CN(C)CCOC(=O)Nc1cccc(C2CN(C)Cc3c(Cl)cc(Cl)cc32)c1.Cl. The van der Waals surface area contributed by atoms with Gasteiger partial charge in [-0.3, -0.25) is 5.32 Å². The summed E-state index contributed by atoms with van der Waals surface area (Å²) >= 11 is 12.7. The van der Waals surface area contributed by atoms with E-state index in [-0.39, 0.29) is 18.3 Å². The first-order valence-corrected chi connectivity index (χ1v) is 9.94. The van der Waals surface area contributed by atoms with Gasteiger partial charge in [0.25, 0.3) is 0 Å². The molecule has 1 amide bonds. The summed E-state index contributed by atoms with van der Waals surface area (Å²) in [5.74, 6) is 0.122. The van der Waals surface area contributed by atoms with Crippen molar-refractivity contribution in [3.63, 3.8) is 0 Å². The smallest absolute Gasteiger partial charge is 0.411 e. The first kappa shape index (κ1) is 23.8. The van der Waals surface area contributed by atoms with Crippen molar-refractivity contribution in [2.75, 3.05) is 46.2 Å². The fourth-order valence-electron chi connectivity index (χ4n) is 3.44. The van der Waals surface area contributed by atoms with E-state index in [0.717, 1.165) is 29.8 Å². The average Bonchev–Trinajstić information content (AvgIpc) is 2.61. The predicted molar refractivity (Wildman–Crippen MR) is 122 cm³/mol. The number of benzene rings is 2. The Balaban J connectivity index is 0.00000300. The highest BCUT2D eigenvalue weighted by molar-refractivity contribution is 6.35. The number of rotatable bonds is 5. The van der Waals surface area contributed by atoms with Gasteiger partial charge in [0, 0.05) is 41.3 Å². The van der Waals surface area contributed by atoms with Crippen molar-refractivity contribution >= 4 is 47.4 Å². The summed E-state index contributed by atoms with van der Waals surface area (Å²) in [6.07, 6.45) is -0.453. The summed E-state index contributed by atoms with van der Waals surface area (Å²) < 4.78 is 5.21. The molecule has 5 nitrogen and oxygen atoms in total. The van der Waals surface area contributed by atoms with Crippen molar-refractivity contribution in [3.8, 4) is 0 Å². The second-order valence-electron chi connectivity index (χ2n) is 7.39. The third kappa shape index (κ3) is 6.24. The molecule has 0 bridgehead atoms. The molecule has 0 aliphatic carbocycles. The fraction of sp³-hybridized carbons (Fsp3) is 0.381. The molecule has 0 aromatic heterocycles. The number of hydrogen-bond acceptors (Lipinski definition) is 4. The lowest BCUT2D eigenvalue weighted by atomic mass is 9.84. The molecular formula is C21H26Cl3N3O2. The second kappa shape index (κ2) is 10.5. The lowest BCUT2D eigenvalue weighted by Gasteiger charge is -2.33. The zero-order valence-electron chi connectivity index (χ0n) is 16.7. The molecule has 1 heterocycles. The van der Waals surface area contributed by atoms with Gasteiger partial charge in [0.1, 0.15) is 6.61 Å². The monoisotopic (exact) mass is 457 g/mol. The Morgan fingerprint density at radius 3 is 2.76 bits per heavy atom. The second-order valence-corrected chi connectivity index (χ2v) is 8.24. The standard InChI is InChI=1S/C21H25Cl2N3O2.ClH/c1-25(2)7-8-28-21(27)24-16-6-4-5-14(9-16)18-12-26(3)13-19-17(18)10-15(22)11-20(19)23;/h4-6,9-11,18H,7-8,12-13H2,1-3H3,(H,24,27);1H. The highest BCUT2D eigenvalue weighted by Gasteiger charge is 2.27. The Kier molecular flexibility index (Phi) is 8.61. The molecule has 158 valence electrons. The van der Waals surface area contributed by atoms with E-state index in [0.29, 0.717) is 28.9 Å². The quantitative estimate of drug-likeness (QED) is 0.677. The Morgan fingerprint density at radius 1 is 1.28 bits per heavy atom. The van der Waals surface area contributed by atoms with Gasteiger partial charge in [-0.05, 0) is 62.1 Å². The van der Waals surface area contributed by atoms with Crippen molar-refractivity contribution in [3.05, 3.63) is 63.1 Å². The molecule has 3 rings (SSSR count). The first-order chi connectivity index (χ1) is 13.3. The normalized spacial score (nSPS) is 16.1. The fourth-order valence-corrected chi connectivity index (χ4v) is 4.01. The molecule has 1 aliphatic heterocycles. The summed E-state index contributed by atoms with van der Waals surface area (Å²) in [5, 5.41) is 4.14. The van der Waals surface area contributed by atoms with Crippen LogP contribution in [0.2, 0.25) is 10.0 Å². The van der Waals surface area contributed by atoms with Crippen LogP contribution >= 0.6 is 35.6 Å². The van der Waals surface area contributed by atoms with E-state index in [1.165, 1.54) is 0 Å². The summed E-state index contributed by atoms with van der Waals surface area (Å²) in [7, 11) is 5.94. The molecule has 1 unspecified atom stereocenters. The molecule has 1 N–H and O–H groups in total. The molecule has 1 atom stereocenters. The van der Waals surface area contributed by atoms with Crippen LogP contribution < -0.4 is 5.32 Å². The van der Waals surface area contributed by atoms with Crippen LogP contribution in [-0.2, 0) is 11.3 Å². The van der Waals surface area contributed by atoms with Gasteiger partial charge in [-0.25, -0.2) is 4.79 Å². The van der Waals surface area contributed by atoms with Crippen LogP contribution in [0.15, 0.2) is 36.4 Å². The molecule has 1 aliphatic rings. The van der Waals surface area contributed by atoms with Gasteiger partial charge in [-0.1, -0.05) is 35.3 Å². The minimum Gasteiger partial charge on any atom is -0.448 e. The Labute approximate surface area is 188 Å². The number of amides is 1. The number of fused-ring (bicyclic) bond motifs is 1. The number of carbonyl (C=O) groups is 1. The lowest BCUT2D eigenvalue weighted by molar-refractivity contribution is 0.151. The summed E-state index contributed by atoms with van der Waals surface area (Å²) in [4.78, 5) is 16.2. The number of ether oxygens (including phenoxy) is 1. The summed E-state index contributed by atoms with van der Waals surface area (Å²) in [6, 6.07) is 11.6. The van der Waals surface area contributed by atoms with E-state index in [1.807, 2.05) is 43.3 Å². The van der Waals surface area contributed by atoms with Crippen molar-refractivity contribution in [2.24, 2.45) is 0 Å². The Hall–Kier alpha value is -1.50. The van der Waals surface area contributed by atoms with Crippen molar-refractivity contribution < 1.29 is 9.53 Å². The molecule has 0 radical (unpaired) electrons. The van der Waals surface area contributed by atoms with Crippen LogP contribution in [0.1, 0.15) is 22.6 Å². The van der Waals surface area contributed by atoms with Crippen molar-refractivity contribution in [1.29, 1.82) is 0 Å². The number of nitrogens with one attached hydrogen (secondary N) is 1. The molecule has 2 aromatic carbocycles. The average molecular weight is 459 g/mol. The summed E-state index contributed by atoms with van der Waals surface area (Å²) in [6.45, 7) is 2.66. The van der Waals surface area contributed by atoms with Gasteiger partial charge in [0.15, 0.2) is 0 Å². The maximum atomic E-state index is 12.0. The predicted octanol–water partition coefficient (Wildman–Crippen LogP) is 5.10. The van der Waals surface area contributed by atoms with Crippen LogP contribution in [-0.4, -0.2) is 56.7 Å². The van der Waals surface area contributed by atoms with Gasteiger partial charge in [0.05, 0.1) is 0 Å². The van der Waals surface area contributed by atoms with E-state index in [1.54, 1.807) is 6.07 Å². The summed E-state index contributed by atoms with van der Waals surface area (Å²) in [5.41, 5.74) is 4.04. The van der Waals surface area contributed by atoms with E-state index in [4.69, 9.17) is 27.9 Å². The Bertz CT molecular complexity index is 861. The third-order valence-corrected chi connectivity index (χ3v) is 5.35. The minimum atomic E-state index is -0.453. The van der Waals surface area contributed by atoms with Crippen LogP contribution in [0.25, 0.3) is 0 Å². The number of anilines is 1. The van der Waals surface area contributed by atoms with E-state index in [2.05, 4.69) is 23.3 Å². The Morgan fingerprint density at radius 2 is 2.03 bits per heavy atom. The highest BCUT2D eigenvalue weighted by Crippen LogP contribution is 2.38. The van der Waals surface area contributed by atoms with E-state index >= 15 is 0 Å². The molecule has 0 fully saturated rings. The first-order valence-electron chi connectivity index (χ1n) is 9.18. The third-order valence-electron chi connectivity index (χ3n) is 4.80. The molecule has 0 saturated heterocycles. The van der Waals surface area contributed by atoms with Crippen molar-refractivity contribution in [1.82, 2.24) is 9.80 Å². The van der Waals surface area contributed by atoms with Crippen LogP contribution in [0.4, 0.5) is 10.5 Å². The molecule has 29 heavy (non-hydrogen) atoms. The maximum Gasteiger partial charge on any atom is 0.411 e. The zero-order chi connectivity index (χ0) is 20.3. The highest BCUT2D eigenvalue weighted by atomic mass is 35.5. The van der Waals surface area contributed by atoms with Crippen LogP contribution in [0.5, 0.6) is 0 Å². The van der Waals surface area contributed by atoms with E-state index in [9.17, 15) is 4.79 Å². The molecule has 0 saturated carbocycles. The van der Waals surface area contributed by atoms with Crippen LogP contribution in [0, 0.1) is 0 Å². The molecule has 2 aromatic rings. The molecule has 8 heteroatoms. The number of halogens is 3. The zero-order valence-corrected chi connectivity index (χ0v) is 19.1. The molecule has 0 spiro atoms. The van der Waals surface area contributed by atoms with Crippen molar-refractivity contribution in [2.45, 2.75) is 12.5 Å². The number of hydrogen-bond donors (Lipinski definition) is 1. The maximum absolute atomic E-state index is 12.0. The van der Waals surface area contributed by atoms with Gasteiger partial charge in [-0.15, -0.1) is 12.4 Å². The number of likely N-dealkylation sites (N-methyl/N-ethyl adjacent to an activating group) is 2. The van der Waals surface area contributed by atoms with Gasteiger partial charge in [-0.2, -0.15) is 0 Å². The van der Waals surface area contributed by atoms with E-state index < -0.39 is 6.09 Å². The van der Waals surface area contributed by atoms with Gasteiger partial charge >= 0.3 is 6.09 Å². The number of carbonyl (C=O) groups excluding carboxylic acids is 1. The topological polar surface area (TPSA) is 44.8 Å². The van der Waals surface area contributed by atoms with Gasteiger partial charge < -0.3 is 14.5 Å². The molecular weight excluding hydrogens is 433 g/mol. The lowest BCUT2D eigenvalue weighted by Crippen LogP contribution is -2.31. The van der Waals surface area contributed by atoms with Gasteiger partial charge in [0.2, 0.25) is 0 Å². The number of nitrogens with zero attached hydrogens (tertiary/aromatic N) is 2. The largest absolute Gasteiger partial charge is 0.448 e. The minimum absolute atomic E-state index is 0. The van der Waals surface area contributed by atoms with Crippen LogP contribution in [0.3, 0.4) is 0 Å².